The molecule has 2 N–H and O–H groups in total. The van der Waals surface area contributed by atoms with Gasteiger partial charge in [0, 0.05) is 41.0 Å². The molecular formula is C21H22ClNO5. The maximum atomic E-state index is 13.2. The molecule has 0 unspecified atom stereocenters. The SMILES string of the molecule is O=C(c1cccc2c(Cl)cccc12)N1C[C@@H]2[C@H](CO)[C@H]3CC[C@]2(C1)O3.O=CO. The number of ether oxygens (including phenoxy) is 1. The molecule has 3 heterocycles. The first kappa shape index (κ1) is 19.2. The lowest BCUT2D eigenvalue weighted by molar-refractivity contribution is -0.122. The van der Waals surface area contributed by atoms with Gasteiger partial charge in [-0.15, -0.1) is 0 Å². The molecule has 4 atom stereocenters. The van der Waals surface area contributed by atoms with Crippen molar-refractivity contribution in [2.75, 3.05) is 19.7 Å². The lowest BCUT2D eigenvalue weighted by Crippen LogP contribution is -2.38. The molecule has 3 aliphatic rings. The number of fused-ring (bicyclic) bond motifs is 2. The summed E-state index contributed by atoms with van der Waals surface area (Å²) in [6, 6.07) is 11.4. The number of rotatable bonds is 2. The molecule has 28 heavy (non-hydrogen) atoms. The quantitative estimate of drug-likeness (QED) is 0.753. The average Bonchev–Trinajstić information content (AvgIpc) is 3.36. The summed E-state index contributed by atoms with van der Waals surface area (Å²) in [5.74, 6) is 0.438. The van der Waals surface area contributed by atoms with E-state index in [1.165, 1.54) is 0 Å². The Labute approximate surface area is 167 Å². The number of amides is 1. The van der Waals surface area contributed by atoms with E-state index in [0.29, 0.717) is 23.7 Å². The second-order valence-electron chi connectivity index (χ2n) is 7.64. The lowest BCUT2D eigenvalue weighted by atomic mass is 9.74. The first-order valence-electron chi connectivity index (χ1n) is 9.37. The largest absolute Gasteiger partial charge is 0.483 e. The molecule has 3 saturated heterocycles. The number of carboxylic acid groups (broad SMARTS) is 1. The summed E-state index contributed by atoms with van der Waals surface area (Å²) in [5, 5.41) is 19.1. The van der Waals surface area contributed by atoms with Crippen LogP contribution in [-0.2, 0) is 9.53 Å². The van der Waals surface area contributed by atoms with Crippen LogP contribution < -0.4 is 0 Å². The first-order valence-corrected chi connectivity index (χ1v) is 9.75. The third-order valence-electron chi connectivity index (χ3n) is 6.38. The standard InChI is InChI=1S/C20H20ClNO3.CH2O2/c21-17-6-2-3-12-13(17)4-1-5-14(12)19(24)22-9-16-15(10-23)18-7-8-20(16,11-22)25-18;2-1-3/h1-6,15-16,18,23H,7-11H2;1H,(H,2,3)/t15-,16+,18+,20+;/m0./s1. The third kappa shape index (κ3) is 2.87. The number of hydrogen-bond donors (Lipinski definition) is 2. The molecule has 6 nitrogen and oxygen atoms in total. The topological polar surface area (TPSA) is 87.1 Å². The summed E-state index contributed by atoms with van der Waals surface area (Å²) in [6.07, 6.45) is 2.15. The van der Waals surface area contributed by atoms with Crippen LogP contribution in [0.3, 0.4) is 0 Å². The molecule has 2 aromatic carbocycles. The van der Waals surface area contributed by atoms with Crippen molar-refractivity contribution in [1.29, 1.82) is 0 Å². The highest BCUT2D eigenvalue weighted by Gasteiger charge is 2.63. The summed E-state index contributed by atoms with van der Waals surface area (Å²) >= 11 is 6.29. The van der Waals surface area contributed by atoms with E-state index in [9.17, 15) is 9.90 Å². The van der Waals surface area contributed by atoms with Gasteiger partial charge in [0.1, 0.15) is 0 Å². The van der Waals surface area contributed by atoms with Crippen LogP contribution in [0.4, 0.5) is 0 Å². The number of hydrogen-bond acceptors (Lipinski definition) is 4. The molecule has 148 valence electrons. The number of aliphatic hydroxyl groups is 1. The average molecular weight is 404 g/mol. The molecule has 1 spiro atoms. The predicted octanol–water partition coefficient (Wildman–Crippen LogP) is 2.81. The zero-order valence-corrected chi connectivity index (χ0v) is 16.0. The lowest BCUT2D eigenvalue weighted by Gasteiger charge is -2.27. The molecule has 2 bridgehead atoms. The number of nitrogens with zero attached hydrogens (tertiary/aromatic N) is 1. The minimum Gasteiger partial charge on any atom is -0.483 e. The number of carbonyl (C=O) groups is 2. The van der Waals surface area contributed by atoms with E-state index < -0.39 is 0 Å². The van der Waals surface area contributed by atoms with Gasteiger partial charge >= 0.3 is 0 Å². The van der Waals surface area contributed by atoms with Crippen LogP contribution in [0.2, 0.25) is 5.02 Å². The van der Waals surface area contributed by atoms with Gasteiger partial charge in [-0.2, -0.15) is 0 Å². The fraction of sp³-hybridized carbons (Fsp3) is 0.429. The fourth-order valence-electron chi connectivity index (χ4n) is 5.22. The smallest absolute Gasteiger partial charge is 0.290 e. The van der Waals surface area contributed by atoms with E-state index in [1.807, 2.05) is 41.3 Å². The summed E-state index contributed by atoms with van der Waals surface area (Å²) in [5.41, 5.74) is 0.446. The Bertz CT molecular complexity index is 919. The molecule has 0 radical (unpaired) electrons. The second-order valence-corrected chi connectivity index (χ2v) is 8.05. The highest BCUT2D eigenvalue weighted by molar-refractivity contribution is 6.36. The van der Waals surface area contributed by atoms with Crippen molar-refractivity contribution < 1.29 is 24.5 Å². The molecule has 7 heteroatoms. The van der Waals surface area contributed by atoms with Crippen molar-refractivity contribution >= 4 is 34.8 Å². The highest BCUT2D eigenvalue weighted by Crippen LogP contribution is 2.54. The van der Waals surface area contributed by atoms with Crippen LogP contribution in [-0.4, -0.2) is 58.9 Å². The van der Waals surface area contributed by atoms with Gasteiger partial charge in [-0.1, -0.05) is 35.9 Å². The van der Waals surface area contributed by atoms with Crippen molar-refractivity contribution in [3.63, 3.8) is 0 Å². The minimum atomic E-state index is -0.250. The van der Waals surface area contributed by atoms with Crippen LogP contribution in [0.1, 0.15) is 23.2 Å². The Morgan fingerprint density at radius 2 is 2.00 bits per heavy atom. The van der Waals surface area contributed by atoms with E-state index in [2.05, 4.69) is 0 Å². The van der Waals surface area contributed by atoms with Crippen molar-refractivity contribution in [3.8, 4) is 0 Å². The van der Waals surface area contributed by atoms with E-state index >= 15 is 0 Å². The van der Waals surface area contributed by atoms with Gasteiger partial charge < -0.3 is 19.8 Å². The molecule has 0 aromatic heterocycles. The van der Waals surface area contributed by atoms with Crippen LogP contribution in [0.15, 0.2) is 36.4 Å². The molecule has 5 rings (SSSR count). The van der Waals surface area contributed by atoms with E-state index in [4.69, 9.17) is 26.2 Å². The van der Waals surface area contributed by atoms with Gasteiger partial charge in [0.15, 0.2) is 0 Å². The molecule has 3 aliphatic heterocycles. The maximum Gasteiger partial charge on any atom is 0.290 e. The van der Waals surface area contributed by atoms with E-state index in [0.717, 1.165) is 23.6 Å². The first-order chi connectivity index (χ1) is 13.5. The Hall–Kier alpha value is -2.15. The number of aliphatic hydroxyl groups excluding tert-OH is 1. The molecule has 3 fully saturated rings. The normalized spacial score (nSPS) is 30.1. The Morgan fingerprint density at radius 1 is 1.29 bits per heavy atom. The number of halogens is 1. The summed E-state index contributed by atoms with van der Waals surface area (Å²) < 4.78 is 6.24. The number of benzene rings is 2. The molecule has 2 aromatic rings. The van der Waals surface area contributed by atoms with Crippen molar-refractivity contribution in [2.24, 2.45) is 11.8 Å². The van der Waals surface area contributed by atoms with Crippen LogP contribution >= 0.6 is 11.6 Å². The summed E-state index contributed by atoms with van der Waals surface area (Å²) in [7, 11) is 0. The van der Waals surface area contributed by atoms with Gasteiger partial charge in [0.25, 0.3) is 12.4 Å². The van der Waals surface area contributed by atoms with Crippen LogP contribution in [0.5, 0.6) is 0 Å². The summed E-state index contributed by atoms with van der Waals surface area (Å²) in [4.78, 5) is 23.5. The van der Waals surface area contributed by atoms with Gasteiger partial charge in [0.2, 0.25) is 0 Å². The second kappa shape index (κ2) is 7.35. The third-order valence-corrected chi connectivity index (χ3v) is 6.71. The zero-order chi connectivity index (χ0) is 19.9. The molecule has 1 amide bonds. The van der Waals surface area contributed by atoms with Gasteiger partial charge in [0.05, 0.1) is 18.2 Å². The zero-order valence-electron chi connectivity index (χ0n) is 15.3. The maximum absolute atomic E-state index is 13.2. The van der Waals surface area contributed by atoms with Gasteiger partial charge in [-0.05, 0) is 30.4 Å². The van der Waals surface area contributed by atoms with Crippen molar-refractivity contribution in [1.82, 2.24) is 4.90 Å². The predicted molar refractivity (Wildman–Crippen MR) is 104 cm³/mol. The number of carbonyl (C=O) groups excluding carboxylic acids is 1. The van der Waals surface area contributed by atoms with E-state index in [1.54, 1.807) is 0 Å². The Kier molecular flexibility index (Phi) is 5.04. The van der Waals surface area contributed by atoms with Gasteiger partial charge in [-0.25, -0.2) is 0 Å². The molecular weight excluding hydrogens is 382 g/mol. The van der Waals surface area contributed by atoms with E-state index in [-0.39, 0.29) is 42.5 Å². The Morgan fingerprint density at radius 3 is 2.75 bits per heavy atom. The fourth-order valence-corrected chi connectivity index (χ4v) is 5.46. The van der Waals surface area contributed by atoms with Crippen LogP contribution in [0.25, 0.3) is 10.8 Å². The van der Waals surface area contributed by atoms with Crippen molar-refractivity contribution in [2.45, 2.75) is 24.5 Å². The monoisotopic (exact) mass is 403 g/mol. The highest BCUT2D eigenvalue weighted by atomic mass is 35.5. The van der Waals surface area contributed by atoms with Gasteiger partial charge in [-0.3, -0.25) is 9.59 Å². The van der Waals surface area contributed by atoms with Crippen LogP contribution in [0, 0.1) is 11.8 Å². The minimum absolute atomic E-state index is 0.0281. The molecule has 0 aliphatic carbocycles. The molecule has 0 saturated carbocycles. The Balaban J connectivity index is 0.000000604. The van der Waals surface area contributed by atoms with Crippen molar-refractivity contribution in [3.05, 3.63) is 47.0 Å². The number of likely N-dealkylation sites (tertiary alicyclic amines) is 1. The summed E-state index contributed by atoms with van der Waals surface area (Å²) in [6.45, 7) is 1.18.